The molecule has 2 aromatic heterocycles. The van der Waals surface area contributed by atoms with Crippen LogP contribution >= 0.6 is 11.3 Å². The Hall–Kier alpha value is -2.45. The molecule has 0 bridgehead atoms. The molecule has 8 heteroatoms. The second kappa shape index (κ2) is 6.86. The van der Waals surface area contributed by atoms with Gasteiger partial charge in [-0.2, -0.15) is 0 Å². The maximum Gasteiger partial charge on any atom is 0.265 e. The average molecular weight is 398 g/mol. The second-order valence-electron chi connectivity index (χ2n) is 7.58. The van der Waals surface area contributed by atoms with Crippen LogP contribution in [0.5, 0.6) is 0 Å². The first kappa shape index (κ1) is 17.6. The summed E-state index contributed by atoms with van der Waals surface area (Å²) in [7, 11) is 0. The molecule has 28 heavy (non-hydrogen) atoms. The number of carbonyl (C=O) groups excluding carboxylic acids is 2. The molecule has 1 atom stereocenters. The molecule has 0 aromatic carbocycles. The van der Waals surface area contributed by atoms with Gasteiger partial charge in [0.2, 0.25) is 0 Å². The fourth-order valence-corrected chi connectivity index (χ4v) is 5.22. The lowest BCUT2D eigenvalue weighted by molar-refractivity contribution is -0.142. The zero-order valence-corrected chi connectivity index (χ0v) is 16.3. The van der Waals surface area contributed by atoms with Crippen molar-refractivity contribution < 1.29 is 14.3 Å². The standard InChI is InChI=1S/C20H22N4O3S/c25-18-17-14(12-16(28-17)13-3-7-21-8-4-13)22-20(23-18)5-9-24(10-6-20)19(26)15-2-1-11-27-15/h3-4,7-8,12,15,22H,1-2,5-6,9-11H2,(H,23,25). The Balaban J connectivity index is 1.32. The van der Waals surface area contributed by atoms with E-state index in [0.717, 1.165) is 29.0 Å². The Morgan fingerprint density at radius 1 is 1.25 bits per heavy atom. The van der Waals surface area contributed by atoms with Gasteiger partial charge < -0.3 is 20.3 Å². The highest BCUT2D eigenvalue weighted by molar-refractivity contribution is 7.18. The highest BCUT2D eigenvalue weighted by Crippen LogP contribution is 2.40. The van der Waals surface area contributed by atoms with Crippen LogP contribution in [0.1, 0.15) is 35.4 Å². The number of likely N-dealkylation sites (tertiary alicyclic amines) is 1. The van der Waals surface area contributed by atoms with Crippen molar-refractivity contribution in [1.29, 1.82) is 0 Å². The van der Waals surface area contributed by atoms with Crippen LogP contribution in [0.15, 0.2) is 30.6 Å². The van der Waals surface area contributed by atoms with Crippen LogP contribution in [0.3, 0.4) is 0 Å². The number of amides is 2. The van der Waals surface area contributed by atoms with Gasteiger partial charge in [-0.15, -0.1) is 11.3 Å². The highest BCUT2D eigenvalue weighted by Gasteiger charge is 2.43. The minimum absolute atomic E-state index is 0.0436. The summed E-state index contributed by atoms with van der Waals surface area (Å²) in [5.41, 5.74) is 1.43. The van der Waals surface area contributed by atoms with Crippen LogP contribution in [0.2, 0.25) is 0 Å². The van der Waals surface area contributed by atoms with E-state index in [1.807, 2.05) is 23.1 Å². The Kier molecular flexibility index (Phi) is 4.32. The number of thiophene rings is 1. The van der Waals surface area contributed by atoms with Crippen LogP contribution in [0, 0.1) is 0 Å². The molecular weight excluding hydrogens is 376 g/mol. The number of piperidine rings is 1. The van der Waals surface area contributed by atoms with Gasteiger partial charge in [0.25, 0.3) is 11.8 Å². The maximum atomic E-state index is 12.8. The fourth-order valence-electron chi connectivity index (χ4n) is 4.21. The monoisotopic (exact) mass is 398 g/mol. The third-order valence-electron chi connectivity index (χ3n) is 5.76. The number of nitrogens with one attached hydrogen (secondary N) is 2. The summed E-state index contributed by atoms with van der Waals surface area (Å²) in [6, 6.07) is 5.93. The summed E-state index contributed by atoms with van der Waals surface area (Å²) >= 11 is 1.48. The predicted molar refractivity (Wildman–Crippen MR) is 106 cm³/mol. The van der Waals surface area contributed by atoms with E-state index in [1.165, 1.54) is 11.3 Å². The minimum atomic E-state index is -0.492. The Labute approximate surface area is 167 Å². The smallest absolute Gasteiger partial charge is 0.265 e. The Morgan fingerprint density at radius 2 is 2.04 bits per heavy atom. The lowest BCUT2D eigenvalue weighted by Crippen LogP contribution is -2.63. The molecule has 2 N–H and O–H groups in total. The third kappa shape index (κ3) is 3.06. The molecule has 146 valence electrons. The van der Waals surface area contributed by atoms with Gasteiger partial charge in [0.15, 0.2) is 0 Å². The van der Waals surface area contributed by atoms with Gasteiger partial charge in [-0.05, 0) is 36.6 Å². The van der Waals surface area contributed by atoms with Crippen LogP contribution in [0.25, 0.3) is 10.4 Å². The van der Waals surface area contributed by atoms with E-state index in [1.54, 1.807) is 12.4 Å². The van der Waals surface area contributed by atoms with Crippen LogP contribution < -0.4 is 10.6 Å². The molecular formula is C20H22N4O3S. The molecule has 1 unspecified atom stereocenters. The van der Waals surface area contributed by atoms with E-state index in [9.17, 15) is 9.59 Å². The number of pyridine rings is 1. The summed E-state index contributed by atoms with van der Waals surface area (Å²) in [6.07, 6.45) is 6.34. The van der Waals surface area contributed by atoms with Crippen LogP contribution in [-0.2, 0) is 9.53 Å². The largest absolute Gasteiger partial charge is 0.368 e. The maximum absolute atomic E-state index is 12.8. The van der Waals surface area contributed by atoms with Crippen molar-refractivity contribution in [2.45, 2.75) is 37.5 Å². The fraction of sp³-hybridized carbons (Fsp3) is 0.450. The number of fused-ring (bicyclic) bond motifs is 1. The molecule has 2 amide bonds. The van der Waals surface area contributed by atoms with Gasteiger partial charge in [-0.25, -0.2) is 0 Å². The molecule has 0 aliphatic carbocycles. The summed E-state index contributed by atoms with van der Waals surface area (Å²) in [4.78, 5) is 33.0. The van der Waals surface area contributed by atoms with Crippen LogP contribution in [0.4, 0.5) is 5.69 Å². The van der Waals surface area contributed by atoms with Crippen molar-refractivity contribution in [2.24, 2.45) is 0 Å². The molecule has 3 aliphatic heterocycles. The van der Waals surface area contributed by atoms with Gasteiger partial charge in [0, 0.05) is 49.8 Å². The summed E-state index contributed by atoms with van der Waals surface area (Å²) in [5, 5.41) is 6.72. The molecule has 5 rings (SSSR count). The van der Waals surface area contributed by atoms with Crippen LogP contribution in [-0.4, -0.2) is 53.2 Å². The molecule has 1 spiro atoms. The Bertz CT molecular complexity index is 899. The van der Waals surface area contributed by atoms with Gasteiger partial charge in [-0.3, -0.25) is 14.6 Å². The summed E-state index contributed by atoms with van der Waals surface area (Å²) < 4.78 is 5.53. The van der Waals surface area contributed by atoms with Crippen molar-refractivity contribution in [3.63, 3.8) is 0 Å². The van der Waals surface area contributed by atoms with Gasteiger partial charge in [0.05, 0.1) is 5.69 Å². The number of anilines is 1. The van der Waals surface area contributed by atoms with E-state index in [0.29, 0.717) is 37.4 Å². The Morgan fingerprint density at radius 3 is 2.75 bits per heavy atom. The molecule has 7 nitrogen and oxygen atoms in total. The molecule has 0 radical (unpaired) electrons. The average Bonchev–Trinajstić information content (AvgIpc) is 3.39. The van der Waals surface area contributed by atoms with Gasteiger partial charge in [-0.1, -0.05) is 0 Å². The molecule has 2 fully saturated rings. The molecule has 3 aliphatic rings. The van der Waals surface area contributed by atoms with Crippen molar-refractivity contribution >= 4 is 28.8 Å². The number of nitrogens with zero attached hydrogens (tertiary/aromatic N) is 2. The normalized spacial score (nSPS) is 23.2. The highest BCUT2D eigenvalue weighted by atomic mass is 32.1. The first-order chi connectivity index (χ1) is 13.6. The number of hydrogen-bond acceptors (Lipinski definition) is 6. The summed E-state index contributed by atoms with van der Waals surface area (Å²) in [5.74, 6) is 0.0450. The van der Waals surface area contributed by atoms with Crippen molar-refractivity contribution in [2.75, 3.05) is 25.0 Å². The quantitative estimate of drug-likeness (QED) is 0.812. The zero-order valence-electron chi connectivity index (χ0n) is 15.4. The SMILES string of the molecule is O=C1NC2(CCN(C(=O)C3CCCO3)CC2)Nc2cc(-c3ccncc3)sc21. The number of rotatable bonds is 2. The van der Waals surface area contributed by atoms with Gasteiger partial charge in [0.1, 0.15) is 16.6 Å². The van der Waals surface area contributed by atoms with E-state index in [4.69, 9.17) is 4.74 Å². The predicted octanol–water partition coefficient (Wildman–Crippen LogP) is 2.46. The van der Waals surface area contributed by atoms with E-state index < -0.39 is 5.66 Å². The molecule has 0 saturated carbocycles. The van der Waals surface area contributed by atoms with E-state index in [-0.39, 0.29) is 17.9 Å². The molecule has 5 heterocycles. The number of carbonyl (C=O) groups is 2. The van der Waals surface area contributed by atoms with E-state index in [2.05, 4.69) is 15.6 Å². The van der Waals surface area contributed by atoms with Crippen molar-refractivity contribution in [1.82, 2.24) is 15.2 Å². The van der Waals surface area contributed by atoms with Crippen molar-refractivity contribution in [3.8, 4) is 10.4 Å². The number of ether oxygens (including phenoxy) is 1. The molecule has 2 aromatic rings. The second-order valence-corrected chi connectivity index (χ2v) is 8.63. The minimum Gasteiger partial charge on any atom is -0.368 e. The lowest BCUT2D eigenvalue weighted by Gasteiger charge is -2.45. The number of aromatic nitrogens is 1. The van der Waals surface area contributed by atoms with E-state index >= 15 is 0 Å². The zero-order chi connectivity index (χ0) is 19.1. The molecule has 2 saturated heterocycles. The first-order valence-electron chi connectivity index (χ1n) is 9.69. The summed E-state index contributed by atoms with van der Waals surface area (Å²) in [6.45, 7) is 1.90. The number of hydrogen-bond donors (Lipinski definition) is 2. The third-order valence-corrected chi connectivity index (χ3v) is 6.95. The first-order valence-corrected chi connectivity index (χ1v) is 10.5. The van der Waals surface area contributed by atoms with Crippen molar-refractivity contribution in [3.05, 3.63) is 35.5 Å². The van der Waals surface area contributed by atoms with Gasteiger partial charge >= 0.3 is 0 Å². The topological polar surface area (TPSA) is 83.6 Å². The lowest BCUT2D eigenvalue weighted by atomic mass is 9.93.